The van der Waals surface area contributed by atoms with Crippen molar-refractivity contribution in [3.05, 3.63) is 29.8 Å². The van der Waals surface area contributed by atoms with E-state index in [9.17, 15) is 9.59 Å². The summed E-state index contributed by atoms with van der Waals surface area (Å²) in [4.78, 5) is 23.2. The molecule has 0 aliphatic heterocycles. The second kappa shape index (κ2) is 6.72. The van der Waals surface area contributed by atoms with Crippen LogP contribution in [0.2, 0.25) is 0 Å². The zero-order chi connectivity index (χ0) is 13.9. The molecule has 0 heterocycles. The number of amides is 1. The van der Waals surface area contributed by atoms with Crippen LogP contribution in [0.3, 0.4) is 0 Å². The first-order valence-corrected chi connectivity index (χ1v) is 6.38. The van der Waals surface area contributed by atoms with Crippen LogP contribution >= 0.6 is 12.4 Å². The number of hydrogen-bond donors (Lipinski definition) is 2. The van der Waals surface area contributed by atoms with Gasteiger partial charge in [0.1, 0.15) is 0 Å². The molecule has 0 spiro atoms. The SMILES string of the molecule is CCOC(=O)Cc1cccc(NC(=O)C2(N)CC2)c1.Cl. The molecule has 0 atom stereocenters. The van der Waals surface area contributed by atoms with Crippen molar-refractivity contribution in [1.82, 2.24) is 0 Å². The maximum atomic E-state index is 11.8. The van der Waals surface area contributed by atoms with Crippen LogP contribution in [0, 0.1) is 0 Å². The number of carbonyl (C=O) groups is 2. The minimum absolute atomic E-state index is 0. The van der Waals surface area contributed by atoms with Crippen LogP contribution in [0.5, 0.6) is 0 Å². The van der Waals surface area contributed by atoms with Gasteiger partial charge in [-0.3, -0.25) is 9.59 Å². The zero-order valence-corrected chi connectivity index (χ0v) is 12.2. The van der Waals surface area contributed by atoms with Gasteiger partial charge in [0.25, 0.3) is 0 Å². The van der Waals surface area contributed by atoms with Gasteiger partial charge < -0.3 is 15.8 Å². The van der Waals surface area contributed by atoms with Crippen LogP contribution in [0.25, 0.3) is 0 Å². The number of carbonyl (C=O) groups excluding carboxylic acids is 2. The van der Waals surface area contributed by atoms with Crippen molar-refractivity contribution in [2.45, 2.75) is 31.7 Å². The Hall–Kier alpha value is -1.59. The summed E-state index contributed by atoms with van der Waals surface area (Å²) in [7, 11) is 0. The van der Waals surface area contributed by atoms with E-state index in [0.29, 0.717) is 12.3 Å². The van der Waals surface area contributed by atoms with Crippen molar-refractivity contribution in [3.63, 3.8) is 0 Å². The smallest absolute Gasteiger partial charge is 0.310 e. The van der Waals surface area contributed by atoms with Gasteiger partial charge in [-0.15, -0.1) is 12.4 Å². The van der Waals surface area contributed by atoms with E-state index >= 15 is 0 Å². The Kier molecular flexibility index (Phi) is 5.53. The van der Waals surface area contributed by atoms with E-state index in [-0.39, 0.29) is 30.7 Å². The van der Waals surface area contributed by atoms with Gasteiger partial charge in [-0.25, -0.2) is 0 Å². The van der Waals surface area contributed by atoms with Crippen LogP contribution < -0.4 is 11.1 Å². The van der Waals surface area contributed by atoms with E-state index in [4.69, 9.17) is 10.5 Å². The van der Waals surface area contributed by atoms with Gasteiger partial charge in [0.15, 0.2) is 0 Å². The second-order valence-corrected chi connectivity index (χ2v) is 4.79. The topological polar surface area (TPSA) is 81.4 Å². The van der Waals surface area contributed by atoms with Crippen LogP contribution in [-0.2, 0) is 20.7 Å². The third-order valence-electron chi connectivity index (χ3n) is 3.08. The molecule has 0 radical (unpaired) electrons. The molecule has 1 fully saturated rings. The normalized spacial score (nSPS) is 14.9. The minimum atomic E-state index is -0.697. The molecular weight excluding hydrogens is 280 g/mol. The fourth-order valence-electron chi connectivity index (χ4n) is 1.76. The van der Waals surface area contributed by atoms with E-state index in [1.165, 1.54) is 0 Å². The number of rotatable bonds is 5. The molecule has 1 aromatic carbocycles. The number of esters is 1. The third-order valence-corrected chi connectivity index (χ3v) is 3.08. The second-order valence-electron chi connectivity index (χ2n) is 4.79. The molecule has 0 saturated heterocycles. The van der Waals surface area contributed by atoms with E-state index in [1.54, 1.807) is 25.1 Å². The number of halogens is 1. The maximum Gasteiger partial charge on any atom is 0.310 e. The van der Waals surface area contributed by atoms with Gasteiger partial charge in [0.05, 0.1) is 18.6 Å². The lowest BCUT2D eigenvalue weighted by atomic mass is 10.1. The highest BCUT2D eigenvalue weighted by molar-refractivity contribution is 6.00. The van der Waals surface area contributed by atoms with Crippen molar-refractivity contribution < 1.29 is 14.3 Å². The highest BCUT2D eigenvalue weighted by Gasteiger charge is 2.45. The quantitative estimate of drug-likeness (QED) is 0.810. The lowest BCUT2D eigenvalue weighted by Gasteiger charge is -2.11. The monoisotopic (exact) mass is 298 g/mol. The average Bonchev–Trinajstić information content (AvgIpc) is 3.09. The third kappa shape index (κ3) is 4.21. The van der Waals surface area contributed by atoms with E-state index < -0.39 is 5.54 Å². The highest BCUT2D eigenvalue weighted by atomic mass is 35.5. The molecule has 0 unspecified atom stereocenters. The van der Waals surface area contributed by atoms with Crippen molar-refractivity contribution in [2.75, 3.05) is 11.9 Å². The van der Waals surface area contributed by atoms with Gasteiger partial charge in [-0.1, -0.05) is 12.1 Å². The zero-order valence-electron chi connectivity index (χ0n) is 11.3. The predicted octanol–water partition coefficient (Wildman–Crippen LogP) is 1.64. The Morgan fingerprint density at radius 3 is 2.70 bits per heavy atom. The standard InChI is InChI=1S/C14H18N2O3.ClH/c1-2-19-12(17)9-10-4-3-5-11(8-10)16-13(18)14(15)6-7-14;/h3-5,8H,2,6-7,9,15H2,1H3,(H,16,18);1H. The fourth-order valence-corrected chi connectivity index (χ4v) is 1.76. The Labute approximate surface area is 124 Å². The average molecular weight is 299 g/mol. The number of ether oxygens (including phenoxy) is 1. The van der Waals surface area contributed by atoms with Crippen LogP contribution in [0.4, 0.5) is 5.69 Å². The molecule has 1 aliphatic rings. The van der Waals surface area contributed by atoms with Crippen molar-refractivity contribution in [3.8, 4) is 0 Å². The summed E-state index contributed by atoms with van der Waals surface area (Å²) in [5, 5.41) is 2.77. The number of anilines is 1. The van der Waals surface area contributed by atoms with Crippen molar-refractivity contribution in [2.24, 2.45) is 5.73 Å². The molecule has 1 amide bonds. The maximum absolute atomic E-state index is 11.8. The molecule has 5 nitrogen and oxygen atoms in total. The number of benzene rings is 1. The molecular formula is C14H19ClN2O3. The Bertz CT molecular complexity index is 501. The van der Waals surface area contributed by atoms with Crippen molar-refractivity contribution >= 4 is 30.0 Å². The first-order valence-electron chi connectivity index (χ1n) is 6.38. The molecule has 3 N–H and O–H groups in total. The molecule has 110 valence electrons. The Morgan fingerprint density at radius 2 is 2.10 bits per heavy atom. The van der Waals surface area contributed by atoms with Gasteiger partial charge in [0, 0.05) is 5.69 Å². The first-order chi connectivity index (χ1) is 9.03. The molecule has 1 saturated carbocycles. The summed E-state index contributed by atoms with van der Waals surface area (Å²) in [6.07, 6.45) is 1.65. The van der Waals surface area contributed by atoms with Crippen LogP contribution in [0.1, 0.15) is 25.3 Å². The lowest BCUT2D eigenvalue weighted by molar-refractivity contribution is -0.142. The molecule has 1 aliphatic carbocycles. The van der Waals surface area contributed by atoms with Crippen LogP contribution in [0.15, 0.2) is 24.3 Å². The Morgan fingerprint density at radius 1 is 1.40 bits per heavy atom. The van der Waals surface area contributed by atoms with E-state index in [1.807, 2.05) is 6.07 Å². The van der Waals surface area contributed by atoms with E-state index in [2.05, 4.69) is 5.32 Å². The largest absolute Gasteiger partial charge is 0.466 e. The van der Waals surface area contributed by atoms with Crippen LogP contribution in [-0.4, -0.2) is 24.0 Å². The molecule has 0 aromatic heterocycles. The highest BCUT2D eigenvalue weighted by Crippen LogP contribution is 2.33. The number of nitrogens with two attached hydrogens (primary N) is 1. The number of hydrogen-bond acceptors (Lipinski definition) is 4. The molecule has 2 rings (SSSR count). The molecule has 0 bridgehead atoms. The summed E-state index contributed by atoms with van der Waals surface area (Å²) >= 11 is 0. The van der Waals surface area contributed by atoms with Gasteiger partial charge >= 0.3 is 5.97 Å². The fraction of sp³-hybridized carbons (Fsp3) is 0.429. The minimum Gasteiger partial charge on any atom is -0.466 e. The number of nitrogens with one attached hydrogen (secondary N) is 1. The summed E-state index contributed by atoms with van der Waals surface area (Å²) in [5.41, 5.74) is 6.57. The van der Waals surface area contributed by atoms with Gasteiger partial charge in [0.2, 0.25) is 5.91 Å². The van der Waals surface area contributed by atoms with Gasteiger partial charge in [-0.05, 0) is 37.5 Å². The lowest BCUT2D eigenvalue weighted by Crippen LogP contribution is -2.37. The summed E-state index contributed by atoms with van der Waals surface area (Å²) in [6, 6.07) is 7.15. The first kappa shape index (κ1) is 16.5. The summed E-state index contributed by atoms with van der Waals surface area (Å²) in [6.45, 7) is 2.13. The summed E-state index contributed by atoms with van der Waals surface area (Å²) < 4.78 is 4.88. The van der Waals surface area contributed by atoms with Crippen molar-refractivity contribution in [1.29, 1.82) is 0 Å². The predicted molar refractivity (Wildman–Crippen MR) is 78.8 cm³/mol. The Balaban J connectivity index is 0.00000200. The summed E-state index contributed by atoms with van der Waals surface area (Å²) in [5.74, 6) is -0.441. The van der Waals surface area contributed by atoms with Gasteiger partial charge in [-0.2, -0.15) is 0 Å². The van der Waals surface area contributed by atoms with E-state index in [0.717, 1.165) is 18.4 Å². The molecule has 6 heteroatoms. The molecule has 1 aromatic rings. The molecule has 20 heavy (non-hydrogen) atoms.